The van der Waals surface area contributed by atoms with Gasteiger partial charge in [-0.25, -0.2) is 0 Å². The summed E-state index contributed by atoms with van der Waals surface area (Å²) in [5.41, 5.74) is 0.0434. The van der Waals surface area contributed by atoms with Crippen LogP contribution in [0.15, 0.2) is 42.5 Å². The molecule has 5 nitrogen and oxygen atoms in total. The van der Waals surface area contributed by atoms with Crippen molar-refractivity contribution in [2.45, 2.75) is 19.2 Å². The van der Waals surface area contributed by atoms with Crippen molar-refractivity contribution in [1.29, 1.82) is 0 Å². The van der Waals surface area contributed by atoms with E-state index in [0.717, 1.165) is 24.3 Å². The smallest absolute Gasteiger partial charge is 0.416 e. The predicted octanol–water partition coefficient (Wildman–Crippen LogP) is 3.68. The molecule has 0 spiro atoms. The SMILES string of the molecule is CC1Oc2ccc(NC(=O)c3ccc(C(F)(F)F)cc3)cc2NC1=O. The van der Waals surface area contributed by atoms with E-state index in [1.54, 1.807) is 19.1 Å². The first kappa shape index (κ1) is 16.8. The predicted molar refractivity (Wildman–Crippen MR) is 84.6 cm³/mol. The van der Waals surface area contributed by atoms with Crippen molar-refractivity contribution in [3.05, 3.63) is 53.6 Å². The molecule has 0 aromatic heterocycles. The minimum absolute atomic E-state index is 0.0830. The number of benzene rings is 2. The molecule has 0 saturated carbocycles. The molecule has 0 saturated heterocycles. The molecule has 1 aliphatic heterocycles. The Morgan fingerprint density at radius 2 is 1.84 bits per heavy atom. The van der Waals surface area contributed by atoms with E-state index < -0.39 is 23.8 Å². The Kier molecular flexibility index (Phi) is 4.12. The molecule has 2 aromatic carbocycles. The van der Waals surface area contributed by atoms with E-state index in [9.17, 15) is 22.8 Å². The number of hydrogen-bond donors (Lipinski definition) is 2. The van der Waals surface area contributed by atoms with Gasteiger partial charge in [-0.1, -0.05) is 0 Å². The van der Waals surface area contributed by atoms with Gasteiger partial charge < -0.3 is 15.4 Å². The fraction of sp³-hybridized carbons (Fsp3) is 0.176. The Morgan fingerprint density at radius 3 is 2.48 bits per heavy atom. The molecular formula is C17H13F3N2O3. The van der Waals surface area contributed by atoms with E-state index in [1.165, 1.54) is 6.07 Å². The number of halogens is 3. The van der Waals surface area contributed by atoms with Crippen LogP contribution in [0.5, 0.6) is 5.75 Å². The molecule has 1 unspecified atom stereocenters. The van der Waals surface area contributed by atoms with Crippen molar-refractivity contribution in [2.24, 2.45) is 0 Å². The van der Waals surface area contributed by atoms with Gasteiger partial charge in [-0.3, -0.25) is 9.59 Å². The van der Waals surface area contributed by atoms with Gasteiger partial charge in [0.1, 0.15) is 5.75 Å². The zero-order chi connectivity index (χ0) is 18.2. The third-order valence-electron chi connectivity index (χ3n) is 3.64. The van der Waals surface area contributed by atoms with Crippen LogP contribution in [0.25, 0.3) is 0 Å². The monoisotopic (exact) mass is 350 g/mol. The topological polar surface area (TPSA) is 67.4 Å². The minimum Gasteiger partial charge on any atom is -0.479 e. The lowest BCUT2D eigenvalue weighted by molar-refractivity contribution is -0.137. The highest BCUT2D eigenvalue weighted by atomic mass is 19.4. The molecule has 130 valence electrons. The third-order valence-corrected chi connectivity index (χ3v) is 3.64. The van der Waals surface area contributed by atoms with E-state index >= 15 is 0 Å². The molecule has 0 bridgehead atoms. The Balaban J connectivity index is 1.75. The first-order valence-corrected chi connectivity index (χ1v) is 7.34. The summed E-state index contributed by atoms with van der Waals surface area (Å²) in [5, 5.41) is 5.21. The maximum absolute atomic E-state index is 12.5. The normalized spacial score (nSPS) is 16.5. The Bertz CT molecular complexity index is 832. The first-order chi connectivity index (χ1) is 11.7. The Morgan fingerprint density at radius 1 is 1.16 bits per heavy atom. The van der Waals surface area contributed by atoms with Crippen molar-refractivity contribution in [3.8, 4) is 5.75 Å². The summed E-state index contributed by atoms with van der Waals surface area (Å²) < 4.78 is 43.0. The summed E-state index contributed by atoms with van der Waals surface area (Å²) in [6, 6.07) is 8.57. The number of rotatable bonds is 2. The van der Waals surface area contributed by atoms with Gasteiger partial charge in [0.25, 0.3) is 11.8 Å². The lowest BCUT2D eigenvalue weighted by Gasteiger charge is -2.23. The maximum Gasteiger partial charge on any atom is 0.416 e. The molecule has 8 heteroatoms. The molecule has 0 radical (unpaired) electrons. The van der Waals surface area contributed by atoms with Crippen LogP contribution in [0.1, 0.15) is 22.8 Å². The summed E-state index contributed by atoms with van der Waals surface area (Å²) in [4.78, 5) is 23.8. The van der Waals surface area contributed by atoms with Crippen LogP contribution in [0.2, 0.25) is 0 Å². The second kappa shape index (κ2) is 6.12. The Labute approximate surface area is 140 Å². The minimum atomic E-state index is -4.46. The molecule has 25 heavy (non-hydrogen) atoms. The molecule has 0 aliphatic carbocycles. The summed E-state index contributed by atoms with van der Waals surface area (Å²) in [6.07, 6.45) is -5.07. The number of carbonyl (C=O) groups is 2. The zero-order valence-corrected chi connectivity index (χ0v) is 13.0. The molecule has 2 amide bonds. The lowest BCUT2D eigenvalue weighted by Crippen LogP contribution is -2.34. The van der Waals surface area contributed by atoms with Crippen molar-refractivity contribution in [1.82, 2.24) is 0 Å². The average Bonchev–Trinajstić information content (AvgIpc) is 2.55. The number of amides is 2. The van der Waals surface area contributed by atoms with Crippen LogP contribution in [0.4, 0.5) is 24.5 Å². The molecule has 1 aliphatic rings. The third kappa shape index (κ3) is 3.57. The van der Waals surface area contributed by atoms with Gasteiger partial charge in [0.05, 0.1) is 11.3 Å². The molecule has 2 aromatic rings. The fourth-order valence-electron chi connectivity index (χ4n) is 2.30. The van der Waals surface area contributed by atoms with Crippen molar-refractivity contribution in [2.75, 3.05) is 10.6 Å². The quantitative estimate of drug-likeness (QED) is 0.868. The van der Waals surface area contributed by atoms with E-state index in [2.05, 4.69) is 10.6 Å². The highest BCUT2D eigenvalue weighted by Crippen LogP contribution is 2.32. The number of anilines is 2. The van der Waals surface area contributed by atoms with Gasteiger partial charge in [0.2, 0.25) is 0 Å². The van der Waals surface area contributed by atoms with Crippen LogP contribution in [-0.2, 0) is 11.0 Å². The molecule has 1 heterocycles. The van der Waals surface area contributed by atoms with Crippen LogP contribution < -0.4 is 15.4 Å². The number of alkyl halides is 3. The van der Waals surface area contributed by atoms with Crippen molar-refractivity contribution >= 4 is 23.2 Å². The first-order valence-electron chi connectivity index (χ1n) is 7.34. The second-order valence-corrected chi connectivity index (χ2v) is 5.49. The molecule has 0 fully saturated rings. The van der Waals surface area contributed by atoms with Gasteiger partial charge in [-0.05, 0) is 49.4 Å². The van der Waals surface area contributed by atoms with Crippen LogP contribution in [0, 0.1) is 0 Å². The summed E-state index contributed by atoms with van der Waals surface area (Å²) in [6.45, 7) is 1.61. The number of nitrogens with one attached hydrogen (secondary N) is 2. The standard InChI is InChI=1S/C17H13F3N2O3/c1-9-15(23)22-13-8-12(6-7-14(13)25-9)21-16(24)10-2-4-11(5-3-10)17(18,19)20/h2-9H,1H3,(H,21,24)(H,22,23). The number of fused-ring (bicyclic) bond motifs is 1. The van der Waals surface area contributed by atoms with E-state index in [-0.39, 0.29) is 11.5 Å². The van der Waals surface area contributed by atoms with Crippen molar-refractivity contribution < 1.29 is 27.5 Å². The zero-order valence-electron chi connectivity index (χ0n) is 13.0. The van der Waals surface area contributed by atoms with Crippen LogP contribution >= 0.6 is 0 Å². The van der Waals surface area contributed by atoms with Crippen LogP contribution in [-0.4, -0.2) is 17.9 Å². The summed E-state index contributed by atoms with van der Waals surface area (Å²) in [5.74, 6) is -0.400. The number of hydrogen-bond acceptors (Lipinski definition) is 3. The van der Waals surface area contributed by atoms with Gasteiger partial charge in [0, 0.05) is 11.3 Å². The van der Waals surface area contributed by atoms with Gasteiger partial charge in [0.15, 0.2) is 6.10 Å². The molecular weight excluding hydrogens is 337 g/mol. The van der Waals surface area contributed by atoms with E-state index in [1.807, 2.05) is 0 Å². The second-order valence-electron chi connectivity index (χ2n) is 5.49. The molecule has 2 N–H and O–H groups in total. The number of ether oxygens (including phenoxy) is 1. The average molecular weight is 350 g/mol. The summed E-state index contributed by atoms with van der Waals surface area (Å²) in [7, 11) is 0. The highest BCUT2D eigenvalue weighted by molar-refractivity contribution is 6.05. The Hall–Kier alpha value is -3.03. The van der Waals surface area contributed by atoms with Crippen molar-refractivity contribution in [3.63, 3.8) is 0 Å². The van der Waals surface area contributed by atoms with E-state index in [4.69, 9.17) is 4.74 Å². The maximum atomic E-state index is 12.5. The van der Waals surface area contributed by atoms with Gasteiger partial charge >= 0.3 is 6.18 Å². The van der Waals surface area contributed by atoms with Gasteiger partial charge in [-0.15, -0.1) is 0 Å². The van der Waals surface area contributed by atoms with Gasteiger partial charge in [-0.2, -0.15) is 13.2 Å². The fourth-order valence-corrected chi connectivity index (χ4v) is 2.30. The molecule has 3 rings (SSSR count). The highest BCUT2D eigenvalue weighted by Gasteiger charge is 2.30. The summed E-state index contributed by atoms with van der Waals surface area (Å²) >= 11 is 0. The van der Waals surface area contributed by atoms with Crippen LogP contribution in [0.3, 0.4) is 0 Å². The van der Waals surface area contributed by atoms with E-state index in [0.29, 0.717) is 17.1 Å². The largest absolute Gasteiger partial charge is 0.479 e. The number of carbonyl (C=O) groups excluding carboxylic acids is 2. The molecule has 1 atom stereocenters. The lowest BCUT2D eigenvalue weighted by atomic mass is 10.1.